The number of rotatable bonds is 7. The third-order valence-electron chi connectivity index (χ3n) is 6.35. The van der Waals surface area contributed by atoms with Gasteiger partial charge in [-0.2, -0.15) is 5.10 Å². The first kappa shape index (κ1) is 21.4. The minimum Gasteiger partial charge on any atom is -0.494 e. The molecule has 1 saturated carbocycles. The summed E-state index contributed by atoms with van der Waals surface area (Å²) >= 11 is 0. The van der Waals surface area contributed by atoms with E-state index in [1.165, 1.54) is 0 Å². The summed E-state index contributed by atoms with van der Waals surface area (Å²) < 4.78 is 12.9. The van der Waals surface area contributed by atoms with Crippen LogP contribution in [-0.2, 0) is 16.1 Å². The Morgan fingerprint density at radius 3 is 2.71 bits per heavy atom. The van der Waals surface area contributed by atoms with Gasteiger partial charge in [0.05, 0.1) is 18.8 Å². The summed E-state index contributed by atoms with van der Waals surface area (Å²) in [5.41, 5.74) is 0.574. The van der Waals surface area contributed by atoms with Crippen LogP contribution in [0.2, 0.25) is 0 Å². The maximum Gasteiger partial charge on any atom is 0.251 e. The van der Waals surface area contributed by atoms with Gasteiger partial charge < -0.3 is 19.7 Å². The van der Waals surface area contributed by atoms with Gasteiger partial charge >= 0.3 is 0 Å². The van der Waals surface area contributed by atoms with Gasteiger partial charge in [-0.25, -0.2) is 0 Å². The van der Waals surface area contributed by atoms with Gasteiger partial charge in [-0.15, -0.1) is 0 Å². The summed E-state index contributed by atoms with van der Waals surface area (Å²) in [7, 11) is 1.69. The van der Waals surface area contributed by atoms with Crippen molar-refractivity contribution < 1.29 is 19.1 Å². The Labute approximate surface area is 182 Å². The fourth-order valence-corrected chi connectivity index (χ4v) is 4.81. The van der Waals surface area contributed by atoms with Crippen LogP contribution in [0, 0.1) is 11.8 Å². The second kappa shape index (κ2) is 9.51. The molecule has 0 radical (unpaired) electrons. The van der Waals surface area contributed by atoms with Gasteiger partial charge in [0.25, 0.3) is 5.91 Å². The van der Waals surface area contributed by atoms with E-state index in [-0.39, 0.29) is 30.5 Å². The van der Waals surface area contributed by atoms with E-state index < -0.39 is 0 Å². The molecule has 4 atom stereocenters. The van der Waals surface area contributed by atoms with Crippen LogP contribution in [0.5, 0.6) is 5.75 Å². The van der Waals surface area contributed by atoms with Crippen molar-refractivity contribution in [1.29, 1.82) is 0 Å². The first-order valence-corrected chi connectivity index (χ1v) is 10.9. The second-order valence-electron chi connectivity index (χ2n) is 8.31. The minimum atomic E-state index is -0.128. The van der Waals surface area contributed by atoms with E-state index in [0.29, 0.717) is 36.3 Å². The standard InChI is InChI=1S/C23H30N4O4/c1-3-31-19-7-4-6-16(10-19)23(29)25-20-11-17-13-26(14-18(17)12-21(20)30-2)22(28)15-27-9-5-8-24-27/h4-10,17-18,20-21H,3,11-15H2,1-2H3,(H,25,29)/t17-,18+,20-,21-/m0/s1. The van der Waals surface area contributed by atoms with Gasteiger partial charge in [0.1, 0.15) is 12.3 Å². The molecule has 0 spiro atoms. The molecule has 1 aromatic carbocycles. The minimum absolute atomic E-state index is 0.0681. The number of aromatic nitrogens is 2. The number of hydrogen-bond acceptors (Lipinski definition) is 5. The lowest BCUT2D eigenvalue weighted by atomic mass is 9.77. The zero-order valence-electron chi connectivity index (χ0n) is 18.1. The van der Waals surface area contributed by atoms with Crippen LogP contribution in [-0.4, -0.2) is 65.4 Å². The van der Waals surface area contributed by atoms with Gasteiger partial charge in [0, 0.05) is 38.2 Å². The second-order valence-corrected chi connectivity index (χ2v) is 8.31. The van der Waals surface area contributed by atoms with Gasteiger partial charge in [-0.3, -0.25) is 14.3 Å². The van der Waals surface area contributed by atoms with Crippen LogP contribution >= 0.6 is 0 Å². The zero-order chi connectivity index (χ0) is 21.8. The fraction of sp³-hybridized carbons (Fsp3) is 0.522. The van der Waals surface area contributed by atoms with E-state index in [2.05, 4.69) is 10.4 Å². The first-order chi connectivity index (χ1) is 15.1. The van der Waals surface area contributed by atoms with Crippen molar-refractivity contribution in [3.8, 4) is 5.75 Å². The van der Waals surface area contributed by atoms with Crippen molar-refractivity contribution >= 4 is 11.8 Å². The Morgan fingerprint density at radius 2 is 2.00 bits per heavy atom. The average molecular weight is 427 g/mol. The summed E-state index contributed by atoms with van der Waals surface area (Å²) in [5, 5.41) is 7.29. The van der Waals surface area contributed by atoms with Crippen LogP contribution in [0.4, 0.5) is 0 Å². The highest BCUT2D eigenvalue weighted by atomic mass is 16.5. The molecule has 2 amide bonds. The Bertz CT molecular complexity index is 901. The van der Waals surface area contributed by atoms with Crippen LogP contribution < -0.4 is 10.1 Å². The Kier molecular flexibility index (Phi) is 6.56. The number of ether oxygens (including phenoxy) is 2. The largest absolute Gasteiger partial charge is 0.494 e. The number of carbonyl (C=O) groups excluding carboxylic acids is 2. The molecule has 1 aliphatic heterocycles. The van der Waals surface area contributed by atoms with Crippen molar-refractivity contribution in [2.45, 2.75) is 38.5 Å². The van der Waals surface area contributed by atoms with Crippen molar-refractivity contribution in [1.82, 2.24) is 20.0 Å². The molecule has 8 nitrogen and oxygen atoms in total. The van der Waals surface area contributed by atoms with E-state index in [1.54, 1.807) is 36.3 Å². The maximum absolute atomic E-state index is 12.9. The van der Waals surface area contributed by atoms with Crippen molar-refractivity contribution in [3.05, 3.63) is 48.3 Å². The molecule has 1 aliphatic carbocycles. The molecule has 166 valence electrons. The number of carbonyl (C=O) groups is 2. The quantitative estimate of drug-likeness (QED) is 0.732. The predicted molar refractivity (Wildman–Crippen MR) is 115 cm³/mol. The highest BCUT2D eigenvalue weighted by molar-refractivity contribution is 5.94. The third kappa shape index (κ3) is 4.90. The molecule has 2 heterocycles. The molecule has 31 heavy (non-hydrogen) atoms. The summed E-state index contributed by atoms with van der Waals surface area (Å²) in [6.07, 6.45) is 5.04. The summed E-state index contributed by atoms with van der Waals surface area (Å²) in [5.74, 6) is 1.38. The lowest BCUT2D eigenvalue weighted by Crippen LogP contribution is -2.50. The van der Waals surface area contributed by atoms with Gasteiger partial charge in [-0.1, -0.05) is 6.07 Å². The summed E-state index contributed by atoms with van der Waals surface area (Å²) in [4.78, 5) is 27.5. The Balaban J connectivity index is 1.38. The molecule has 2 fully saturated rings. The number of likely N-dealkylation sites (tertiary alicyclic amines) is 1. The number of nitrogens with zero attached hydrogens (tertiary/aromatic N) is 3. The lowest BCUT2D eigenvalue weighted by Gasteiger charge is -2.37. The van der Waals surface area contributed by atoms with Gasteiger partial charge in [-0.05, 0) is 55.9 Å². The molecule has 1 aromatic heterocycles. The SMILES string of the molecule is CCOc1cccc(C(=O)N[C@H]2C[C@H]3CN(C(=O)Cn4cccn4)C[C@H]3C[C@@H]2OC)c1. The molecule has 0 bridgehead atoms. The molecule has 8 heteroatoms. The molecule has 2 aromatic rings. The fourth-order valence-electron chi connectivity index (χ4n) is 4.81. The van der Waals surface area contributed by atoms with Crippen LogP contribution in [0.1, 0.15) is 30.1 Å². The number of methoxy groups -OCH3 is 1. The number of hydrogen-bond donors (Lipinski definition) is 1. The van der Waals surface area contributed by atoms with E-state index in [1.807, 2.05) is 30.0 Å². The lowest BCUT2D eigenvalue weighted by molar-refractivity contribution is -0.131. The van der Waals surface area contributed by atoms with Crippen LogP contribution in [0.25, 0.3) is 0 Å². The molecule has 0 unspecified atom stereocenters. The van der Waals surface area contributed by atoms with Crippen LogP contribution in [0.15, 0.2) is 42.7 Å². The monoisotopic (exact) mass is 426 g/mol. The number of benzene rings is 1. The highest BCUT2D eigenvalue weighted by Crippen LogP contribution is 2.37. The van der Waals surface area contributed by atoms with Crippen molar-refractivity contribution in [2.24, 2.45) is 11.8 Å². The molecule has 1 N–H and O–H groups in total. The number of amides is 2. The molecule has 2 aliphatic rings. The third-order valence-corrected chi connectivity index (χ3v) is 6.35. The summed E-state index contributed by atoms with van der Waals surface area (Å²) in [6, 6.07) is 8.95. The highest BCUT2D eigenvalue weighted by Gasteiger charge is 2.44. The normalized spacial score (nSPS) is 25.2. The Hall–Kier alpha value is -2.87. The maximum atomic E-state index is 12.9. The van der Waals surface area contributed by atoms with Crippen molar-refractivity contribution in [3.63, 3.8) is 0 Å². The van der Waals surface area contributed by atoms with E-state index in [4.69, 9.17) is 9.47 Å². The van der Waals surface area contributed by atoms with Gasteiger partial charge in [0.15, 0.2) is 0 Å². The summed E-state index contributed by atoms with van der Waals surface area (Å²) in [6.45, 7) is 4.18. The van der Waals surface area contributed by atoms with Gasteiger partial charge in [0.2, 0.25) is 5.91 Å². The number of nitrogens with one attached hydrogen (secondary N) is 1. The molecule has 1 saturated heterocycles. The molecular formula is C23H30N4O4. The van der Waals surface area contributed by atoms with Crippen LogP contribution in [0.3, 0.4) is 0 Å². The van der Waals surface area contributed by atoms with E-state index >= 15 is 0 Å². The average Bonchev–Trinajstić information content (AvgIpc) is 3.43. The van der Waals surface area contributed by atoms with E-state index in [9.17, 15) is 9.59 Å². The molecular weight excluding hydrogens is 396 g/mol. The molecule has 4 rings (SSSR count). The first-order valence-electron chi connectivity index (χ1n) is 10.9. The zero-order valence-corrected chi connectivity index (χ0v) is 18.1. The predicted octanol–water partition coefficient (Wildman–Crippen LogP) is 1.96. The number of fused-ring (bicyclic) bond motifs is 1. The smallest absolute Gasteiger partial charge is 0.251 e. The Morgan fingerprint density at radius 1 is 1.19 bits per heavy atom. The van der Waals surface area contributed by atoms with Crippen molar-refractivity contribution in [2.75, 3.05) is 26.8 Å². The topological polar surface area (TPSA) is 85.7 Å². The van der Waals surface area contributed by atoms with E-state index in [0.717, 1.165) is 19.4 Å².